The number of aliphatic hydroxyl groups is 1. The number of benzene rings is 1. The molecule has 4 nitrogen and oxygen atoms in total. The van der Waals surface area contributed by atoms with Gasteiger partial charge in [0, 0.05) is 19.7 Å². The predicted molar refractivity (Wildman–Crippen MR) is 77.4 cm³/mol. The zero-order valence-electron chi connectivity index (χ0n) is 12.1. The largest absolute Gasteiger partial charge is 0.385 e. The van der Waals surface area contributed by atoms with E-state index in [1.54, 1.807) is 4.68 Å². The van der Waals surface area contributed by atoms with Crippen LogP contribution in [-0.2, 0) is 31.9 Å². The monoisotopic (exact) mass is 271 g/mol. The molecule has 1 aromatic carbocycles. The fourth-order valence-electron chi connectivity index (χ4n) is 3.00. The van der Waals surface area contributed by atoms with Crippen molar-refractivity contribution in [1.82, 2.24) is 15.0 Å². The summed E-state index contributed by atoms with van der Waals surface area (Å²) in [7, 11) is 1.84. The minimum Gasteiger partial charge on any atom is -0.385 e. The molecular weight excluding hydrogens is 250 g/mol. The van der Waals surface area contributed by atoms with Crippen LogP contribution in [0, 0.1) is 0 Å². The molecule has 1 aliphatic carbocycles. The Bertz CT molecular complexity index is 616. The van der Waals surface area contributed by atoms with Gasteiger partial charge in [0.15, 0.2) is 0 Å². The number of nitrogens with zero attached hydrogens (tertiary/aromatic N) is 3. The van der Waals surface area contributed by atoms with Gasteiger partial charge < -0.3 is 5.11 Å². The van der Waals surface area contributed by atoms with Gasteiger partial charge in [0.25, 0.3) is 0 Å². The van der Waals surface area contributed by atoms with Crippen molar-refractivity contribution >= 4 is 0 Å². The quantitative estimate of drug-likeness (QED) is 0.930. The second kappa shape index (κ2) is 5.02. The number of hydrogen-bond acceptors (Lipinski definition) is 3. The van der Waals surface area contributed by atoms with Crippen molar-refractivity contribution in [2.45, 2.75) is 44.6 Å². The number of fused-ring (bicyclic) bond motifs is 1. The lowest BCUT2D eigenvalue weighted by atomic mass is 9.85. The standard InChI is InChI=1S/C16H21N3O/c1-16(20,10-15-11-19(2)18-17-15)14-8-7-12-5-3-4-6-13(12)9-14/h7-9,11,20H,3-6,10H2,1-2H3. The van der Waals surface area contributed by atoms with Gasteiger partial charge in [0.05, 0.1) is 11.3 Å². The van der Waals surface area contributed by atoms with E-state index in [2.05, 4.69) is 28.5 Å². The lowest BCUT2D eigenvalue weighted by Gasteiger charge is -2.25. The minimum atomic E-state index is -0.900. The van der Waals surface area contributed by atoms with Crippen LogP contribution in [-0.4, -0.2) is 20.1 Å². The number of hydrogen-bond donors (Lipinski definition) is 1. The van der Waals surface area contributed by atoms with Crippen molar-refractivity contribution in [1.29, 1.82) is 0 Å². The Kier molecular flexibility index (Phi) is 3.34. The van der Waals surface area contributed by atoms with Crippen molar-refractivity contribution < 1.29 is 5.11 Å². The summed E-state index contributed by atoms with van der Waals surface area (Å²) >= 11 is 0. The van der Waals surface area contributed by atoms with Gasteiger partial charge in [-0.15, -0.1) is 5.10 Å². The molecule has 0 spiro atoms. The number of aryl methyl sites for hydroxylation is 3. The summed E-state index contributed by atoms with van der Waals surface area (Å²) < 4.78 is 1.66. The lowest BCUT2D eigenvalue weighted by molar-refractivity contribution is 0.0564. The summed E-state index contributed by atoms with van der Waals surface area (Å²) in [4.78, 5) is 0. The van der Waals surface area contributed by atoms with Gasteiger partial charge in [0.1, 0.15) is 0 Å². The summed E-state index contributed by atoms with van der Waals surface area (Å²) in [5.41, 5.74) is 3.73. The van der Waals surface area contributed by atoms with Crippen LogP contribution in [0.1, 0.15) is 42.1 Å². The molecule has 0 radical (unpaired) electrons. The molecular formula is C16H21N3O. The Hall–Kier alpha value is -1.68. The maximum absolute atomic E-state index is 10.8. The van der Waals surface area contributed by atoms with Crippen LogP contribution in [0.2, 0.25) is 0 Å². The molecule has 1 aromatic heterocycles. The molecule has 1 atom stereocenters. The molecule has 0 fully saturated rings. The van der Waals surface area contributed by atoms with E-state index in [0.29, 0.717) is 6.42 Å². The predicted octanol–water partition coefficient (Wildman–Crippen LogP) is 2.14. The highest BCUT2D eigenvalue weighted by Gasteiger charge is 2.26. The third kappa shape index (κ3) is 2.61. The first-order valence-corrected chi connectivity index (χ1v) is 7.24. The summed E-state index contributed by atoms with van der Waals surface area (Å²) in [5.74, 6) is 0. The molecule has 0 aliphatic heterocycles. The third-order valence-electron chi connectivity index (χ3n) is 4.15. The van der Waals surface area contributed by atoms with E-state index in [1.165, 1.54) is 30.4 Å². The average molecular weight is 271 g/mol. The Morgan fingerprint density at radius 1 is 1.25 bits per heavy atom. The molecule has 2 aromatic rings. The van der Waals surface area contributed by atoms with E-state index in [4.69, 9.17) is 0 Å². The van der Waals surface area contributed by atoms with Gasteiger partial charge >= 0.3 is 0 Å². The normalized spacial score (nSPS) is 17.6. The van der Waals surface area contributed by atoms with E-state index in [1.807, 2.05) is 20.2 Å². The Labute approximate surface area is 119 Å². The van der Waals surface area contributed by atoms with Crippen LogP contribution in [0.5, 0.6) is 0 Å². The van der Waals surface area contributed by atoms with E-state index in [-0.39, 0.29) is 0 Å². The smallest absolute Gasteiger partial charge is 0.0925 e. The van der Waals surface area contributed by atoms with Crippen molar-refractivity contribution in [3.8, 4) is 0 Å². The van der Waals surface area contributed by atoms with Gasteiger partial charge in [-0.05, 0) is 49.3 Å². The Morgan fingerprint density at radius 3 is 2.70 bits per heavy atom. The van der Waals surface area contributed by atoms with E-state index in [9.17, 15) is 5.11 Å². The summed E-state index contributed by atoms with van der Waals surface area (Å²) in [5, 5.41) is 18.8. The van der Waals surface area contributed by atoms with Crippen molar-refractivity contribution in [2.75, 3.05) is 0 Å². The number of rotatable bonds is 3. The zero-order valence-corrected chi connectivity index (χ0v) is 12.1. The summed E-state index contributed by atoms with van der Waals surface area (Å²) in [6.45, 7) is 1.85. The SMILES string of the molecule is Cn1cc(CC(C)(O)c2ccc3c(c2)CCCC3)nn1. The molecule has 0 bridgehead atoms. The highest BCUT2D eigenvalue weighted by atomic mass is 16.3. The molecule has 106 valence electrons. The van der Waals surface area contributed by atoms with Crippen LogP contribution < -0.4 is 0 Å². The molecule has 1 N–H and O–H groups in total. The first kappa shape index (κ1) is 13.3. The first-order valence-electron chi connectivity index (χ1n) is 7.24. The molecule has 1 aliphatic rings. The van der Waals surface area contributed by atoms with Crippen LogP contribution in [0.25, 0.3) is 0 Å². The van der Waals surface area contributed by atoms with Crippen molar-refractivity contribution in [2.24, 2.45) is 7.05 Å². The van der Waals surface area contributed by atoms with Crippen LogP contribution in [0.3, 0.4) is 0 Å². The first-order chi connectivity index (χ1) is 9.54. The van der Waals surface area contributed by atoms with Gasteiger partial charge in [0.2, 0.25) is 0 Å². The molecule has 0 amide bonds. The fourth-order valence-corrected chi connectivity index (χ4v) is 3.00. The highest BCUT2D eigenvalue weighted by molar-refractivity contribution is 5.36. The minimum absolute atomic E-state index is 0.486. The van der Waals surface area contributed by atoms with Crippen molar-refractivity contribution in [3.63, 3.8) is 0 Å². The molecule has 20 heavy (non-hydrogen) atoms. The topological polar surface area (TPSA) is 50.9 Å². The van der Waals surface area contributed by atoms with Gasteiger partial charge in [-0.1, -0.05) is 23.4 Å². The summed E-state index contributed by atoms with van der Waals surface area (Å²) in [6.07, 6.45) is 7.17. The fraction of sp³-hybridized carbons (Fsp3) is 0.500. The average Bonchev–Trinajstić information content (AvgIpc) is 2.83. The maximum Gasteiger partial charge on any atom is 0.0925 e. The molecule has 0 saturated heterocycles. The molecule has 1 unspecified atom stereocenters. The second-order valence-corrected chi connectivity index (χ2v) is 6.02. The Balaban J connectivity index is 1.86. The second-order valence-electron chi connectivity index (χ2n) is 6.02. The highest BCUT2D eigenvalue weighted by Crippen LogP contribution is 2.29. The van der Waals surface area contributed by atoms with Crippen LogP contribution in [0.15, 0.2) is 24.4 Å². The van der Waals surface area contributed by atoms with Crippen molar-refractivity contribution in [3.05, 3.63) is 46.8 Å². The maximum atomic E-state index is 10.8. The molecule has 4 heteroatoms. The van der Waals surface area contributed by atoms with E-state index < -0.39 is 5.60 Å². The third-order valence-corrected chi connectivity index (χ3v) is 4.15. The van der Waals surface area contributed by atoms with Gasteiger partial charge in [-0.25, -0.2) is 0 Å². The molecule has 1 heterocycles. The Morgan fingerprint density at radius 2 is 2.00 bits per heavy atom. The van der Waals surface area contributed by atoms with Gasteiger partial charge in [-0.3, -0.25) is 4.68 Å². The zero-order chi connectivity index (χ0) is 14.2. The molecule has 3 rings (SSSR count). The van der Waals surface area contributed by atoms with E-state index >= 15 is 0 Å². The number of aromatic nitrogens is 3. The molecule has 0 saturated carbocycles. The van der Waals surface area contributed by atoms with Crippen LogP contribution in [0.4, 0.5) is 0 Å². The van der Waals surface area contributed by atoms with E-state index in [0.717, 1.165) is 17.7 Å². The van der Waals surface area contributed by atoms with Gasteiger partial charge in [-0.2, -0.15) is 0 Å². The lowest BCUT2D eigenvalue weighted by Crippen LogP contribution is -2.25. The van der Waals surface area contributed by atoms with Crippen LogP contribution >= 0.6 is 0 Å². The summed E-state index contributed by atoms with van der Waals surface area (Å²) in [6, 6.07) is 6.40.